The number of carbonyl (C=O) groups excluding carboxylic acids is 1. The number of hydrogen-bond donors (Lipinski definition) is 2. The Morgan fingerprint density at radius 1 is 1.29 bits per heavy atom. The highest BCUT2D eigenvalue weighted by molar-refractivity contribution is 6.39. The molecule has 0 unspecified atom stereocenters. The van der Waals surface area contributed by atoms with Gasteiger partial charge in [0.25, 0.3) is 5.91 Å². The Balaban J connectivity index is 1.70. The highest BCUT2D eigenvalue weighted by Crippen LogP contribution is 2.39. The zero-order chi connectivity index (χ0) is 22.3. The third kappa shape index (κ3) is 3.83. The average Bonchev–Trinajstić information content (AvgIpc) is 3.29. The number of rotatable bonds is 4. The average molecular weight is 453 g/mol. The maximum absolute atomic E-state index is 13.1. The highest BCUT2D eigenvalue weighted by atomic mass is 35.5. The minimum Gasteiger partial charge on any atom is -0.398 e. The lowest BCUT2D eigenvalue weighted by molar-refractivity contribution is 0.0795. The molecule has 1 aliphatic rings. The number of aryl methyl sites for hydroxylation is 1. The van der Waals surface area contributed by atoms with Crippen molar-refractivity contribution in [3.05, 3.63) is 69.0 Å². The van der Waals surface area contributed by atoms with Crippen molar-refractivity contribution in [2.24, 2.45) is 7.05 Å². The normalized spacial score (nSPS) is 13.4. The standard InChI is InChI=1S/C22H18Cl2N6O/c1-29-9-13(8-28-29)4-12(7-25)10-30-11-16-15(2-3-19(26)20(16)22(30)31)14-5-17(23)21(27)18(24)6-14/h2-6,8-9H,10-11,26-27H2,1H3/b12-4-. The van der Waals surface area contributed by atoms with Crippen LogP contribution in [0.2, 0.25) is 10.0 Å². The Kier molecular flexibility index (Phi) is 5.36. The van der Waals surface area contributed by atoms with Gasteiger partial charge in [0.1, 0.15) is 0 Å². The quantitative estimate of drug-likeness (QED) is 0.456. The zero-order valence-electron chi connectivity index (χ0n) is 16.6. The summed E-state index contributed by atoms with van der Waals surface area (Å²) < 4.78 is 1.65. The van der Waals surface area contributed by atoms with Crippen LogP contribution in [0.1, 0.15) is 21.5 Å². The fourth-order valence-electron chi connectivity index (χ4n) is 3.68. The van der Waals surface area contributed by atoms with Crippen LogP contribution in [0.5, 0.6) is 0 Å². The van der Waals surface area contributed by atoms with Gasteiger partial charge in [-0.25, -0.2) is 0 Å². The van der Waals surface area contributed by atoms with Gasteiger partial charge in [-0.2, -0.15) is 10.4 Å². The maximum atomic E-state index is 13.1. The molecule has 0 spiro atoms. The van der Waals surface area contributed by atoms with Gasteiger partial charge in [0.15, 0.2) is 0 Å². The summed E-state index contributed by atoms with van der Waals surface area (Å²) in [6.07, 6.45) is 5.16. The van der Waals surface area contributed by atoms with E-state index >= 15 is 0 Å². The predicted molar refractivity (Wildman–Crippen MR) is 122 cm³/mol. The van der Waals surface area contributed by atoms with Crippen LogP contribution in [0.25, 0.3) is 17.2 Å². The topological polar surface area (TPSA) is 114 Å². The van der Waals surface area contributed by atoms with Crippen molar-refractivity contribution in [1.29, 1.82) is 5.26 Å². The molecule has 2 aromatic carbocycles. The highest BCUT2D eigenvalue weighted by Gasteiger charge is 2.32. The number of nitrogen functional groups attached to an aromatic ring is 2. The van der Waals surface area contributed by atoms with Gasteiger partial charge in [-0.15, -0.1) is 0 Å². The molecule has 31 heavy (non-hydrogen) atoms. The van der Waals surface area contributed by atoms with Crippen LogP contribution in [-0.4, -0.2) is 27.1 Å². The molecule has 1 aliphatic heterocycles. The number of nitrogens with zero attached hydrogens (tertiary/aromatic N) is 4. The molecule has 0 saturated carbocycles. The zero-order valence-corrected chi connectivity index (χ0v) is 18.1. The third-order valence-electron chi connectivity index (χ3n) is 5.16. The summed E-state index contributed by atoms with van der Waals surface area (Å²) in [6.45, 7) is 0.460. The van der Waals surface area contributed by atoms with Gasteiger partial charge in [0.2, 0.25) is 0 Å². The van der Waals surface area contributed by atoms with Crippen molar-refractivity contribution < 1.29 is 4.79 Å². The number of benzene rings is 2. The van der Waals surface area contributed by atoms with E-state index in [1.807, 2.05) is 6.07 Å². The first-order valence-electron chi connectivity index (χ1n) is 9.33. The van der Waals surface area contributed by atoms with Gasteiger partial charge < -0.3 is 16.4 Å². The number of fused-ring (bicyclic) bond motifs is 1. The Hall–Kier alpha value is -3.47. The lowest BCUT2D eigenvalue weighted by Crippen LogP contribution is -2.26. The van der Waals surface area contributed by atoms with E-state index < -0.39 is 0 Å². The van der Waals surface area contributed by atoms with Crippen LogP contribution < -0.4 is 11.5 Å². The Bertz CT molecular complexity index is 1260. The molecule has 4 N–H and O–H groups in total. The lowest BCUT2D eigenvalue weighted by atomic mass is 9.95. The van der Waals surface area contributed by atoms with Crippen LogP contribution in [0, 0.1) is 11.3 Å². The van der Waals surface area contributed by atoms with Crippen molar-refractivity contribution in [3.8, 4) is 17.2 Å². The summed E-state index contributed by atoms with van der Waals surface area (Å²) in [5.41, 5.74) is 16.6. The molecule has 156 valence electrons. The molecule has 4 rings (SSSR count). The second kappa shape index (κ2) is 7.99. The molecule has 0 atom stereocenters. The number of carbonyl (C=O) groups is 1. The Morgan fingerprint density at radius 3 is 2.61 bits per heavy atom. The molecule has 0 bridgehead atoms. The van der Waals surface area contributed by atoms with Crippen LogP contribution >= 0.6 is 23.2 Å². The number of anilines is 2. The number of aromatic nitrogens is 2. The van der Waals surface area contributed by atoms with Crippen molar-refractivity contribution >= 4 is 46.6 Å². The molecule has 3 aromatic rings. The fourth-order valence-corrected chi connectivity index (χ4v) is 4.16. The van der Waals surface area contributed by atoms with Gasteiger partial charge in [0, 0.05) is 36.6 Å². The molecule has 0 radical (unpaired) electrons. The molecule has 7 nitrogen and oxygen atoms in total. The molecule has 1 amide bonds. The van der Waals surface area contributed by atoms with Gasteiger partial charge in [-0.05, 0) is 41.0 Å². The molecular weight excluding hydrogens is 435 g/mol. The van der Waals surface area contributed by atoms with Gasteiger partial charge >= 0.3 is 0 Å². The Labute approximate surface area is 189 Å². The molecule has 0 fully saturated rings. The van der Waals surface area contributed by atoms with Crippen LogP contribution in [0.4, 0.5) is 11.4 Å². The first-order chi connectivity index (χ1) is 14.8. The minimum atomic E-state index is -0.227. The molecule has 2 heterocycles. The van der Waals surface area contributed by atoms with E-state index in [0.717, 1.165) is 22.3 Å². The SMILES string of the molecule is Cn1cc(/C=C(/C#N)CN2Cc3c(-c4cc(Cl)c(N)c(Cl)c4)ccc(N)c3C2=O)cn1. The van der Waals surface area contributed by atoms with Crippen LogP contribution in [0.3, 0.4) is 0 Å². The molecule has 9 heteroatoms. The van der Waals surface area contributed by atoms with Crippen molar-refractivity contribution in [3.63, 3.8) is 0 Å². The third-order valence-corrected chi connectivity index (χ3v) is 5.78. The summed E-state index contributed by atoms with van der Waals surface area (Å²) >= 11 is 12.4. The second-order valence-electron chi connectivity index (χ2n) is 7.30. The van der Waals surface area contributed by atoms with Gasteiger partial charge in [-0.1, -0.05) is 29.3 Å². The fraction of sp³-hybridized carbons (Fsp3) is 0.136. The summed E-state index contributed by atoms with van der Waals surface area (Å²) in [4.78, 5) is 14.7. The van der Waals surface area contributed by atoms with E-state index in [4.69, 9.17) is 34.7 Å². The molecule has 0 saturated heterocycles. The monoisotopic (exact) mass is 452 g/mol. The van der Waals surface area contributed by atoms with E-state index in [9.17, 15) is 10.1 Å². The largest absolute Gasteiger partial charge is 0.398 e. The first kappa shape index (κ1) is 20.8. The maximum Gasteiger partial charge on any atom is 0.256 e. The number of halogens is 2. The molecule has 0 aliphatic carbocycles. The van der Waals surface area contributed by atoms with Crippen LogP contribution in [-0.2, 0) is 13.6 Å². The Morgan fingerprint density at radius 2 is 2.00 bits per heavy atom. The number of amides is 1. The number of nitriles is 1. The summed E-state index contributed by atoms with van der Waals surface area (Å²) in [5, 5.41) is 14.3. The number of hydrogen-bond acceptors (Lipinski definition) is 5. The van der Waals surface area contributed by atoms with Crippen molar-refractivity contribution in [2.75, 3.05) is 18.0 Å². The van der Waals surface area contributed by atoms with E-state index in [-0.39, 0.29) is 12.5 Å². The van der Waals surface area contributed by atoms with Gasteiger partial charge in [-0.3, -0.25) is 9.48 Å². The van der Waals surface area contributed by atoms with Gasteiger partial charge in [0.05, 0.1) is 40.1 Å². The van der Waals surface area contributed by atoms with Crippen molar-refractivity contribution in [1.82, 2.24) is 14.7 Å². The second-order valence-corrected chi connectivity index (χ2v) is 8.11. The van der Waals surface area contributed by atoms with E-state index in [0.29, 0.717) is 39.1 Å². The lowest BCUT2D eigenvalue weighted by Gasteiger charge is -2.15. The summed E-state index contributed by atoms with van der Waals surface area (Å²) in [6, 6.07) is 9.11. The minimum absolute atomic E-state index is 0.154. The number of nitrogens with two attached hydrogens (primary N) is 2. The molecule has 1 aromatic heterocycles. The summed E-state index contributed by atoms with van der Waals surface area (Å²) in [7, 11) is 1.80. The van der Waals surface area contributed by atoms with Crippen molar-refractivity contribution in [2.45, 2.75) is 6.54 Å². The van der Waals surface area contributed by atoms with E-state index in [1.54, 1.807) is 53.3 Å². The first-order valence-corrected chi connectivity index (χ1v) is 10.1. The van der Waals surface area contributed by atoms with E-state index in [1.165, 1.54) is 0 Å². The van der Waals surface area contributed by atoms with E-state index in [2.05, 4.69) is 11.2 Å². The molecular formula is C22H18Cl2N6O. The smallest absolute Gasteiger partial charge is 0.256 e. The van der Waals surface area contributed by atoms with Crippen LogP contribution in [0.15, 0.2) is 42.2 Å². The predicted octanol–water partition coefficient (Wildman–Crippen LogP) is 4.12. The summed E-state index contributed by atoms with van der Waals surface area (Å²) in [5.74, 6) is -0.227.